The fraction of sp³-hybridized carbons (Fsp3) is 0.333. The van der Waals surface area contributed by atoms with Crippen LogP contribution in [0.1, 0.15) is 18.9 Å². The first kappa shape index (κ1) is 15.8. The summed E-state index contributed by atoms with van der Waals surface area (Å²) < 4.78 is 0. The maximum atomic E-state index is 12.1. The lowest BCUT2D eigenvalue weighted by atomic mass is 10.1. The minimum absolute atomic E-state index is 0.0387. The second kappa shape index (κ2) is 7.99. The molecule has 0 unspecified atom stereocenters. The summed E-state index contributed by atoms with van der Waals surface area (Å²) in [4.78, 5) is 24.3. The predicted molar refractivity (Wildman–Crippen MR) is 78.9 cm³/mol. The lowest BCUT2D eigenvalue weighted by Crippen LogP contribution is -2.35. The first-order chi connectivity index (χ1) is 9.58. The highest BCUT2D eigenvalue weighted by Crippen LogP contribution is 2.17. The molecule has 0 radical (unpaired) electrons. The van der Waals surface area contributed by atoms with Gasteiger partial charge in [-0.05, 0) is 25.0 Å². The van der Waals surface area contributed by atoms with Gasteiger partial charge >= 0.3 is 12.0 Å². The quantitative estimate of drug-likeness (QED) is 0.752. The zero-order chi connectivity index (χ0) is 15.0. The number of anilines is 1. The first-order valence-corrected chi connectivity index (χ1v) is 6.55. The molecule has 2 amide bonds. The Balaban J connectivity index is 2.78. The second-order valence-corrected chi connectivity index (χ2v) is 4.31. The van der Waals surface area contributed by atoms with Gasteiger partial charge in [-0.15, -0.1) is 6.58 Å². The number of rotatable bonds is 7. The van der Waals surface area contributed by atoms with Crippen LogP contribution in [0, 0.1) is 0 Å². The third-order valence-corrected chi connectivity index (χ3v) is 2.89. The molecule has 108 valence electrons. The fourth-order valence-electron chi connectivity index (χ4n) is 1.81. The number of aryl methyl sites for hydroxylation is 1. The van der Waals surface area contributed by atoms with Gasteiger partial charge in [-0.1, -0.05) is 24.3 Å². The number of nitrogens with zero attached hydrogens (tertiary/aromatic N) is 1. The predicted octanol–water partition coefficient (Wildman–Crippen LogP) is 2.74. The Morgan fingerprint density at radius 2 is 2.10 bits per heavy atom. The normalized spacial score (nSPS) is 9.85. The molecular formula is C15H20N2O3. The van der Waals surface area contributed by atoms with Crippen molar-refractivity contribution in [1.29, 1.82) is 0 Å². The lowest BCUT2D eigenvalue weighted by molar-refractivity contribution is -0.136. The summed E-state index contributed by atoms with van der Waals surface area (Å²) in [5.74, 6) is -0.854. The highest BCUT2D eigenvalue weighted by atomic mass is 16.4. The van der Waals surface area contributed by atoms with Crippen LogP contribution in [0.2, 0.25) is 0 Å². The number of hydrogen-bond donors (Lipinski definition) is 2. The van der Waals surface area contributed by atoms with Crippen molar-refractivity contribution in [2.45, 2.75) is 19.8 Å². The third-order valence-electron chi connectivity index (χ3n) is 2.89. The average molecular weight is 276 g/mol. The molecule has 0 fully saturated rings. The van der Waals surface area contributed by atoms with Gasteiger partial charge in [0, 0.05) is 25.2 Å². The number of carbonyl (C=O) groups excluding carboxylic acids is 1. The topological polar surface area (TPSA) is 69.6 Å². The summed E-state index contributed by atoms with van der Waals surface area (Å²) in [5, 5.41) is 11.6. The van der Waals surface area contributed by atoms with E-state index in [1.165, 1.54) is 0 Å². The Bertz CT molecular complexity index is 486. The number of para-hydroxylation sites is 1. The molecule has 1 rings (SSSR count). The van der Waals surface area contributed by atoms with E-state index in [2.05, 4.69) is 11.9 Å². The van der Waals surface area contributed by atoms with Gasteiger partial charge in [-0.25, -0.2) is 4.79 Å². The van der Waals surface area contributed by atoms with Crippen molar-refractivity contribution in [3.05, 3.63) is 42.5 Å². The van der Waals surface area contributed by atoms with Crippen molar-refractivity contribution in [3.63, 3.8) is 0 Å². The van der Waals surface area contributed by atoms with E-state index in [4.69, 9.17) is 5.11 Å². The minimum atomic E-state index is -0.854. The van der Waals surface area contributed by atoms with Gasteiger partial charge in [0.25, 0.3) is 0 Å². The molecule has 5 heteroatoms. The van der Waals surface area contributed by atoms with Crippen LogP contribution < -0.4 is 5.32 Å². The summed E-state index contributed by atoms with van der Waals surface area (Å²) in [5.41, 5.74) is 1.47. The standard InChI is InChI=1S/C15H20N2O3/c1-3-11-17(4-2)15(20)16-13-8-6-5-7-12(13)9-10-14(18)19/h3,5-8H,1,4,9-11H2,2H3,(H,16,20)(H,18,19). The Morgan fingerprint density at radius 1 is 1.40 bits per heavy atom. The molecule has 5 nitrogen and oxygen atoms in total. The number of nitrogens with one attached hydrogen (secondary N) is 1. The smallest absolute Gasteiger partial charge is 0.322 e. The molecule has 0 aliphatic heterocycles. The van der Waals surface area contributed by atoms with Crippen molar-refractivity contribution in [2.75, 3.05) is 18.4 Å². The number of carboxylic acid groups (broad SMARTS) is 1. The Labute approximate surface area is 118 Å². The van der Waals surface area contributed by atoms with Crippen molar-refractivity contribution in [1.82, 2.24) is 4.90 Å². The number of aliphatic carboxylic acids is 1. The highest BCUT2D eigenvalue weighted by Gasteiger charge is 2.12. The van der Waals surface area contributed by atoms with Crippen LogP contribution >= 0.6 is 0 Å². The van der Waals surface area contributed by atoms with Gasteiger partial charge in [-0.2, -0.15) is 0 Å². The SMILES string of the molecule is C=CCN(CC)C(=O)Nc1ccccc1CCC(=O)O. The van der Waals surface area contributed by atoms with E-state index in [-0.39, 0.29) is 12.5 Å². The molecule has 0 atom stereocenters. The van der Waals surface area contributed by atoms with Gasteiger partial charge in [0.1, 0.15) is 0 Å². The van der Waals surface area contributed by atoms with Gasteiger partial charge in [0.05, 0.1) is 0 Å². The number of hydrogen-bond acceptors (Lipinski definition) is 2. The third kappa shape index (κ3) is 4.76. The number of carbonyl (C=O) groups is 2. The Hall–Kier alpha value is -2.30. The monoisotopic (exact) mass is 276 g/mol. The maximum Gasteiger partial charge on any atom is 0.322 e. The van der Waals surface area contributed by atoms with Gasteiger partial charge in [-0.3, -0.25) is 4.79 Å². The number of urea groups is 1. The number of carboxylic acids is 1. The van der Waals surface area contributed by atoms with E-state index in [9.17, 15) is 9.59 Å². The van der Waals surface area contributed by atoms with Crippen molar-refractivity contribution < 1.29 is 14.7 Å². The van der Waals surface area contributed by atoms with E-state index in [1.54, 1.807) is 17.0 Å². The summed E-state index contributed by atoms with van der Waals surface area (Å²) in [6.45, 7) is 6.56. The molecule has 0 saturated carbocycles. The van der Waals surface area contributed by atoms with Crippen LogP contribution in [0.25, 0.3) is 0 Å². The van der Waals surface area contributed by atoms with E-state index < -0.39 is 5.97 Å². The summed E-state index contributed by atoms with van der Waals surface area (Å²) in [6, 6.07) is 7.02. The summed E-state index contributed by atoms with van der Waals surface area (Å²) in [7, 11) is 0. The van der Waals surface area contributed by atoms with E-state index in [1.807, 2.05) is 25.1 Å². The van der Waals surface area contributed by atoms with Gasteiger partial charge in [0.2, 0.25) is 0 Å². The molecule has 0 aliphatic rings. The molecule has 0 heterocycles. The largest absolute Gasteiger partial charge is 0.481 e. The van der Waals surface area contributed by atoms with Gasteiger partial charge in [0.15, 0.2) is 0 Å². The van der Waals surface area contributed by atoms with Crippen LogP contribution in [-0.2, 0) is 11.2 Å². The van der Waals surface area contributed by atoms with Crippen molar-refractivity contribution in [2.24, 2.45) is 0 Å². The number of likely N-dealkylation sites (N-methyl/N-ethyl adjacent to an activating group) is 1. The molecule has 20 heavy (non-hydrogen) atoms. The summed E-state index contributed by atoms with van der Waals surface area (Å²) in [6.07, 6.45) is 2.09. The molecule has 0 aromatic heterocycles. The Kier molecular flexibility index (Phi) is 6.29. The fourth-order valence-corrected chi connectivity index (χ4v) is 1.81. The minimum Gasteiger partial charge on any atom is -0.481 e. The van der Waals surface area contributed by atoms with Crippen LogP contribution in [0.15, 0.2) is 36.9 Å². The molecule has 0 bridgehead atoms. The number of benzene rings is 1. The van der Waals surface area contributed by atoms with E-state index in [0.29, 0.717) is 25.2 Å². The molecule has 1 aromatic rings. The second-order valence-electron chi connectivity index (χ2n) is 4.31. The summed E-state index contributed by atoms with van der Waals surface area (Å²) >= 11 is 0. The van der Waals surface area contributed by atoms with Crippen LogP contribution in [0.4, 0.5) is 10.5 Å². The zero-order valence-electron chi connectivity index (χ0n) is 11.6. The maximum absolute atomic E-state index is 12.1. The average Bonchev–Trinajstić information content (AvgIpc) is 2.43. The molecule has 0 spiro atoms. The van der Waals surface area contributed by atoms with Crippen LogP contribution in [-0.4, -0.2) is 35.1 Å². The van der Waals surface area contributed by atoms with E-state index >= 15 is 0 Å². The van der Waals surface area contributed by atoms with Crippen molar-refractivity contribution >= 4 is 17.7 Å². The lowest BCUT2D eigenvalue weighted by Gasteiger charge is -2.20. The molecular weight excluding hydrogens is 256 g/mol. The van der Waals surface area contributed by atoms with Crippen LogP contribution in [0.5, 0.6) is 0 Å². The number of amides is 2. The van der Waals surface area contributed by atoms with E-state index in [0.717, 1.165) is 5.56 Å². The van der Waals surface area contributed by atoms with Gasteiger partial charge < -0.3 is 15.3 Å². The highest BCUT2D eigenvalue weighted by molar-refractivity contribution is 5.90. The first-order valence-electron chi connectivity index (χ1n) is 6.55. The molecule has 2 N–H and O–H groups in total. The Morgan fingerprint density at radius 3 is 2.70 bits per heavy atom. The zero-order valence-corrected chi connectivity index (χ0v) is 11.6. The van der Waals surface area contributed by atoms with Crippen LogP contribution in [0.3, 0.4) is 0 Å². The molecule has 1 aromatic carbocycles. The molecule has 0 saturated heterocycles. The van der Waals surface area contributed by atoms with Crippen molar-refractivity contribution in [3.8, 4) is 0 Å². The molecule has 0 aliphatic carbocycles.